The van der Waals surface area contributed by atoms with Gasteiger partial charge in [0, 0.05) is 31.6 Å². The van der Waals surface area contributed by atoms with E-state index in [4.69, 9.17) is 9.47 Å². The number of nitrogens with one attached hydrogen (secondary N) is 1. The SMILES string of the molecule is CC1CN(Cc2csc(NC(=O)N3CCOCC(F)(F)C3)n2)CC(C)O1. The molecule has 0 bridgehead atoms. The first-order chi connectivity index (χ1) is 12.3. The number of thiazole rings is 1. The minimum atomic E-state index is -3.04. The van der Waals surface area contributed by atoms with Crippen LogP contribution >= 0.6 is 11.3 Å². The van der Waals surface area contributed by atoms with Crippen LogP contribution in [0.4, 0.5) is 18.7 Å². The van der Waals surface area contributed by atoms with Gasteiger partial charge in [-0.15, -0.1) is 11.3 Å². The Morgan fingerprint density at radius 1 is 1.42 bits per heavy atom. The maximum absolute atomic E-state index is 13.6. The lowest BCUT2D eigenvalue weighted by Gasteiger charge is -2.34. The molecule has 0 radical (unpaired) electrons. The molecule has 2 aliphatic heterocycles. The zero-order valence-corrected chi connectivity index (χ0v) is 15.7. The summed E-state index contributed by atoms with van der Waals surface area (Å²) in [6, 6.07) is -0.579. The molecule has 2 amide bonds. The van der Waals surface area contributed by atoms with Gasteiger partial charge in [0.1, 0.15) is 6.61 Å². The van der Waals surface area contributed by atoms with Crippen molar-refractivity contribution < 1.29 is 23.0 Å². The highest BCUT2D eigenvalue weighted by Gasteiger charge is 2.36. The summed E-state index contributed by atoms with van der Waals surface area (Å²) in [5.74, 6) is -3.04. The summed E-state index contributed by atoms with van der Waals surface area (Å²) in [4.78, 5) is 20.0. The fourth-order valence-corrected chi connectivity index (χ4v) is 3.91. The molecule has 0 aromatic carbocycles. The molecule has 146 valence electrons. The number of urea groups is 1. The quantitative estimate of drug-likeness (QED) is 0.858. The molecule has 1 N–H and O–H groups in total. The van der Waals surface area contributed by atoms with Crippen LogP contribution < -0.4 is 5.32 Å². The summed E-state index contributed by atoms with van der Waals surface area (Å²) in [5.41, 5.74) is 0.844. The average Bonchev–Trinajstić information content (AvgIpc) is 2.86. The van der Waals surface area contributed by atoms with Crippen LogP contribution in [0, 0.1) is 0 Å². The third kappa shape index (κ3) is 5.32. The van der Waals surface area contributed by atoms with Gasteiger partial charge >= 0.3 is 6.03 Å². The van der Waals surface area contributed by atoms with Gasteiger partial charge in [0.2, 0.25) is 0 Å². The maximum atomic E-state index is 13.6. The first-order valence-corrected chi connectivity index (χ1v) is 9.52. The first-order valence-electron chi connectivity index (χ1n) is 8.64. The lowest BCUT2D eigenvalue weighted by atomic mass is 10.2. The molecule has 26 heavy (non-hydrogen) atoms. The van der Waals surface area contributed by atoms with Crippen LogP contribution in [0.1, 0.15) is 19.5 Å². The number of carbonyl (C=O) groups excluding carboxylic acids is 1. The maximum Gasteiger partial charge on any atom is 0.323 e. The number of ether oxygens (including phenoxy) is 2. The summed E-state index contributed by atoms with van der Waals surface area (Å²) >= 11 is 1.29. The van der Waals surface area contributed by atoms with Crippen LogP contribution in [-0.2, 0) is 16.0 Å². The van der Waals surface area contributed by atoms with Crippen LogP contribution in [0.3, 0.4) is 0 Å². The van der Waals surface area contributed by atoms with Crippen molar-refractivity contribution in [2.45, 2.75) is 38.5 Å². The van der Waals surface area contributed by atoms with Crippen molar-refractivity contribution in [1.82, 2.24) is 14.8 Å². The number of aromatic nitrogens is 1. The summed E-state index contributed by atoms with van der Waals surface area (Å²) < 4.78 is 37.7. The standard InChI is InChI=1S/C16H24F2N4O3S/c1-11-5-21(6-12(2)25-11)7-13-8-26-14(19-13)20-15(23)22-3-4-24-10-16(17,18)9-22/h8,11-12H,3-7,9-10H2,1-2H3,(H,19,20,23). The predicted octanol–water partition coefficient (Wildman–Crippen LogP) is 2.25. The van der Waals surface area contributed by atoms with E-state index in [0.29, 0.717) is 11.7 Å². The normalized spacial score (nSPS) is 27.2. The lowest BCUT2D eigenvalue weighted by Crippen LogP contribution is -2.44. The molecular weight excluding hydrogens is 366 g/mol. The Bertz CT molecular complexity index is 620. The van der Waals surface area contributed by atoms with E-state index in [1.807, 2.05) is 19.2 Å². The third-order valence-electron chi connectivity index (χ3n) is 4.17. The molecule has 0 saturated carbocycles. The van der Waals surface area contributed by atoms with Gasteiger partial charge in [-0.25, -0.2) is 18.6 Å². The summed E-state index contributed by atoms with van der Waals surface area (Å²) in [6.45, 7) is 5.31. The van der Waals surface area contributed by atoms with Crippen molar-refractivity contribution in [3.05, 3.63) is 11.1 Å². The molecule has 7 nitrogen and oxygen atoms in total. The van der Waals surface area contributed by atoms with Crippen LogP contribution in [0.25, 0.3) is 0 Å². The monoisotopic (exact) mass is 390 g/mol. The largest absolute Gasteiger partial charge is 0.373 e. The van der Waals surface area contributed by atoms with Gasteiger partial charge in [0.15, 0.2) is 5.13 Å². The minimum Gasteiger partial charge on any atom is -0.373 e. The van der Waals surface area contributed by atoms with Crippen molar-refractivity contribution in [2.75, 3.05) is 44.7 Å². The van der Waals surface area contributed by atoms with E-state index in [1.54, 1.807) is 0 Å². The molecule has 2 fully saturated rings. The summed E-state index contributed by atoms with van der Waals surface area (Å²) in [6.07, 6.45) is 0.340. The van der Waals surface area contributed by atoms with Gasteiger partial charge in [-0.2, -0.15) is 0 Å². The molecule has 2 unspecified atom stereocenters. The second-order valence-electron chi connectivity index (χ2n) is 6.86. The van der Waals surface area contributed by atoms with E-state index in [1.165, 1.54) is 11.3 Å². The van der Waals surface area contributed by atoms with Crippen LogP contribution in [-0.4, -0.2) is 78.3 Å². The molecule has 0 aliphatic carbocycles. The zero-order chi connectivity index (χ0) is 18.7. The number of rotatable bonds is 3. The van der Waals surface area contributed by atoms with Gasteiger partial charge in [-0.3, -0.25) is 10.2 Å². The number of amides is 2. The van der Waals surface area contributed by atoms with Crippen molar-refractivity contribution in [1.29, 1.82) is 0 Å². The Hall–Kier alpha value is -1.36. The Kier molecular flexibility index (Phi) is 6.06. The fourth-order valence-electron chi connectivity index (χ4n) is 3.22. The number of carbonyl (C=O) groups is 1. The smallest absolute Gasteiger partial charge is 0.323 e. The summed E-state index contributed by atoms with van der Waals surface area (Å²) in [5, 5.41) is 4.90. The third-order valence-corrected chi connectivity index (χ3v) is 4.98. The molecular formula is C16H24F2N4O3S. The molecule has 3 heterocycles. The van der Waals surface area contributed by atoms with Crippen LogP contribution in [0.15, 0.2) is 5.38 Å². The highest BCUT2D eigenvalue weighted by molar-refractivity contribution is 7.13. The topological polar surface area (TPSA) is 66.9 Å². The number of anilines is 1. The highest BCUT2D eigenvalue weighted by atomic mass is 32.1. The van der Waals surface area contributed by atoms with Crippen molar-refractivity contribution >= 4 is 22.5 Å². The number of morpholine rings is 1. The van der Waals surface area contributed by atoms with E-state index in [2.05, 4.69) is 15.2 Å². The molecule has 3 rings (SSSR count). The number of halogens is 2. The Labute approximate surface area is 155 Å². The molecule has 0 spiro atoms. The second-order valence-corrected chi connectivity index (χ2v) is 7.71. The molecule has 1 aromatic heterocycles. The van der Waals surface area contributed by atoms with Gasteiger partial charge < -0.3 is 14.4 Å². The van der Waals surface area contributed by atoms with Gasteiger partial charge in [0.25, 0.3) is 5.92 Å². The second kappa shape index (κ2) is 8.12. The Morgan fingerprint density at radius 2 is 2.15 bits per heavy atom. The van der Waals surface area contributed by atoms with Crippen molar-refractivity contribution in [2.24, 2.45) is 0 Å². The van der Waals surface area contributed by atoms with Crippen LogP contribution in [0.5, 0.6) is 0 Å². The van der Waals surface area contributed by atoms with E-state index in [0.717, 1.165) is 23.7 Å². The van der Waals surface area contributed by atoms with Gasteiger partial charge in [-0.1, -0.05) is 0 Å². The number of hydrogen-bond donors (Lipinski definition) is 1. The first kappa shape index (κ1) is 19.4. The predicted molar refractivity (Wildman–Crippen MR) is 93.8 cm³/mol. The zero-order valence-electron chi connectivity index (χ0n) is 14.9. The highest BCUT2D eigenvalue weighted by Crippen LogP contribution is 2.22. The number of nitrogens with zero attached hydrogens (tertiary/aromatic N) is 3. The van der Waals surface area contributed by atoms with Crippen LogP contribution in [0.2, 0.25) is 0 Å². The van der Waals surface area contributed by atoms with Crippen molar-refractivity contribution in [3.63, 3.8) is 0 Å². The van der Waals surface area contributed by atoms with E-state index in [9.17, 15) is 13.6 Å². The Balaban J connectivity index is 1.55. The van der Waals surface area contributed by atoms with Gasteiger partial charge in [-0.05, 0) is 13.8 Å². The number of hydrogen-bond acceptors (Lipinski definition) is 6. The van der Waals surface area contributed by atoms with Crippen molar-refractivity contribution in [3.8, 4) is 0 Å². The van der Waals surface area contributed by atoms with E-state index < -0.39 is 25.1 Å². The molecule has 2 aliphatic rings. The molecule has 1 aromatic rings. The fraction of sp³-hybridized carbons (Fsp3) is 0.750. The molecule has 2 atom stereocenters. The molecule has 10 heteroatoms. The van der Waals surface area contributed by atoms with E-state index >= 15 is 0 Å². The lowest BCUT2D eigenvalue weighted by molar-refractivity contribution is -0.0707. The van der Waals surface area contributed by atoms with Gasteiger partial charge in [0.05, 0.1) is 31.1 Å². The average molecular weight is 390 g/mol. The Morgan fingerprint density at radius 3 is 2.88 bits per heavy atom. The number of alkyl halides is 2. The summed E-state index contributed by atoms with van der Waals surface area (Å²) in [7, 11) is 0. The molecule has 2 saturated heterocycles. The van der Waals surface area contributed by atoms with E-state index in [-0.39, 0.29) is 25.4 Å². The minimum absolute atomic E-state index is 0.0968.